The topological polar surface area (TPSA) is 62.5 Å². The number of benzene rings is 2. The zero-order valence-electron chi connectivity index (χ0n) is 14.5. The minimum atomic E-state index is -0.849. The summed E-state index contributed by atoms with van der Waals surface area (Å²) in [5.41, 5.74) is 4.56. The molecule has 1 amide bonds. The van der Waals surface area contributed by atoms with Crippen LogP contribution in [0, 0.1) is 6.92 Å². The molecular weight excluding hydrogens is 316 g/mol. The monoisotopic (exact) mass is 336 g/mol. The van der Waals surface area contributed by atoms with Crippen molar-refractivity contribution in [1.29, 1.82) is 0 Å². The highest BCUT2D eigenvalue weighted by molar-refractivity contribution is 5.92. The number of fused-ring (bicyclic) bond motifs is 1. The molecule has 0 aliphatic carbocycles. The van der Waals surface area contributed by atoms with Crippen molar-refractivity contribution < 1.29 is 14.7 Å². The quantitative estimate of drug-likeness (QED) is 0.792. The predicted molar refractivity (Wildman–Crippen MR) is 98.4 cm³/mol. The number of carbonyl (C=O) groups is 2. The summed E-state index contributed by atoms with van der Waals surface area (Å²) in [6, 6.07) is 13.6. The average molecular weight is 336 g/mol. The van der Waals surface area contributed by atoms with Crippen molar-refractivity contribution in [2.75, 3.05) is 11.9 Å². The first-order chi connectivity index (χ1) is 11.9. The van der Waals surface area contributed by atoms with Crippen molar-refractivity contribution in [2.45, 2.75) is 20.3 Å². The van der Waals surface area contributed by atoms with E-state index in [0.717, 1.165) is 33.4 Å². The summed E-state index contributed by atoms with van der Waals surface area (Å²) >= 11 is 0. The molecule has 0 saturated carbocycles. The van der Waals surface area contributed by atoms with Gasteiger partial charge < -0.3 is 14.6 Å². The van der Waals surface area contributed by atoms with Gasteiger partial charge in [0.05, 0.1) is 11.9 Å². The van der Waals surface area contributed by atoms with E-state index in [2.05, 4.69) is 0 Å². The van der Waals surface area contributed by atoms with E-state index in [1.807, 2.05) is 60.2 Å². The van der Waals surface area contributed by atoms with Crippen LogP contribution in [0.1, 0.15) is 18.1 Å². The van der Waals surface area contributed by atoms with E-state index in [1.54, 1.807) is 11.9 Å². The average Bonchev–Trinajstić information content (AvgIpc) is 2.92. The van der Waals surface area contributed by atoms with Crippen LogP contribution in [-0.4, -0.2) is 28.6 Å². The number of carbonyl (C=O) groups excluding carboxylic acids is 1. The fourth-order valence-corrected chi connectivity index (χ4v) is 3.05. The van der Waals surface area contributed by atoms with Gasteiger partial charge in [0.1, 0.15) is 0 Å². The molecule has 0 aliphatic rings. The first-order valence-corrected chi connectivity index (χ1v) is 8.04. The van der Waals surface area contributed by atoms with Crippen LogP contribution in [0.2, 0.25) is 0 Å². The normalized spacial score (nSPS) is 10.8. The van der Waals surface area contributed by atoms with Crippen LogP contribution in [0.5, 0.6) is 0 Å². The molecule has 25 heavy (non-hydrogen) atoms. The summed E-state index contributed by atoms with van der Waals surface area (Å²) in [5.74, 6) is -0.875. The van der Waals surface area contributed by atoms with Crippen LogP contribution >= 0.6 is 0 Å². The molecule has 0 bridgehead atoms. The van der Waals surface area contributed by atoms with E-state index in [0.29, 0.717) is 0 Å². The molecule has 1 heterocycles. The van der Waals surface area contributed by atoms with Gasteiger partial charge in [-0.3, -0.25) is 9.59 Å². The van der Waals surface area contributed by atoms with Gasteiger partial charge in [0, 0.05) is 36.9 Å². The fourth-order valence-electron chi connectivity index (χ4n) is 3.05. The number of amides is 1. The van der Waals surface area contributed by atoms with Gasteiger partial charge in [-0.1, -0.05) is 18.2 Å². The van der Waals surface area contributed by atoms with Crippen molar-refractivity contribution in [3.05, 3.63) is 59.8 Å². The van der Waals surface area contributed by atoms with Crippen LogP contribution in [0.3, 0.4) is 0 Å². The molecule has 2 aromatic carbocycles. The summed E-state index contributed by atoms with van der Waals surface area (Å²) in [6.45, 7) is 3.51. The summed E-state index contributed by atoms with van der Waals surface area (Å²) in [5, 5.41) is 10.1. The standard InChI is InChI=1S/C20H20N2O3/c1-13-10-16(21(3)14(2)23)8-9-18(13)22-12-15(11-20(24)25)17-6-4-5-7-19(17)22/h4-10,12H,11H2,1-3H3,(H,24,25). The predicted octanol–water partition coefficient (Wildman–Crippen LogP) is 3.55. The Morgan fingerprint density at radius 2 is 1.88 bits per heavy atom. The van der Waals surface area contributed by atoms with Gasteiger partial charge in [-0.05, 0) is 42.3 Å². The first-order valence-electron chi connectivity index (χ1n) is 8.04. The van der Waals surface area contributed by atoms with Crippen LogP contribution in [0.15, 0.2) is 48.7 Å². The molecule has 0 atom stereocenters. The van der Waals surface area contributed by atoms with Crippen molar-refractivity contribution in [2.24, 2.45) is 0 Å². The molecule has 5 nitrogen and oxygen atoms in total. The number of carboxylic acid groups (broad SMARTS) is 1. The number of para-hydroxylation sites is 1. The fraction of sp³-hybridized carbons (Fsp3) is 0.200. The maximum absolute atomic E-state index is 11.6. The highest BCUT2D eigenvalue weighted by Gasteiger charge is 2.14. The van der Waals surface area contributed by atoms with Gasteiger partial charge in [-0.2, -0.15) is 0 Å². The number of hydrogen-bond donors (Lipinski definition) is 1. The Morgan fingerprint density at radius 1 is 1.16 bits per heavy atom. The number of aliphatic carboxylic acids is 1. The Hall–Kier alpha value is -3.08. The van der Waals surface area contributed by atoms with E-state index >= 15 is 0 Å². The maximum Gasteiger partial charge on any atom is 0.307 e. The Labute approximate surface area is 146 Å². The molecule has 0 saturated heterocycles. The molecule has 0 aliphatic heterocycles. The molecule has 3 rings (SSSR count). The second kappa shape index (κ2) is 6.43. The second-order valence-electron chi connectivity index (χ2n) is 6.16. The van der Waals surface area contributed by atoms with Gasteiger partial charge in [-0.25, -0.2) is 0 Å². The molecule has 0 radical (unpaired) electrons. The second-order valence-corrected chi connectivity index (χ2v) is 6.16. The van der Waals surface area contributed by atoms with Gasteiger partial charge in [0.2, 0.25) is 5.91 Å². The maximum atomic E-state index is 11.6. The summed E-state index contributed by atoms with van der Waals surface area (Å²) < 4.78 is 2.01. The van der Waals surface area contributed by atoms with Crippen LogP contribution < -0.4 is 4.90 Å². The highest BCUT2D eigenvalue weighted by atomic mass is 16.4. The molecule has 128 valence electrons. The third kappa shape index (κ3) is 3.13. The summed E-state index contributed by atoms with van der Waals surface area (Å²) in [6.07, 6.45) is 1.87. The molecule has 0 spiro atoms. The largest absolute Gasteiger partial charge is 0.481 e. The van der Waals surface area contributed by atoms with E-state index < -0.39 is 5.97 Å². The van der Waals surface area contributed by atoms with Crippen molar-refractivity contribution in [3.8, 4) is 5.69 Å². The lowest BCUT2D eigenvalue weighted by Gasteiger charge is -2.17. The Kier molecular flexibility index (Phi) is 4.31. The van der Waals surface area contributed by atoms with E-state index in [1.165, 1.54) is 6.92 Å². The lowest BCUT2D eigenvalue weighted by atomic mass is 10.1. The lowest BCUT2D eigenvalue weighted by molar-refractivity contribution is -0.136. The van der Waals surface area contributed by atoms with Crippen molar-refractivity contribution in [3.63, 3.8) is 0 Å². The smallest absolute Gasteiger partial charge is 0.307 e. The van der Waals surface area contributed by atoms with Crippen molar-refractivity contribution >= 4 is 28.5 Å². The molecule has 0 fully saturated rings. The van der Waals surface area contributed by atoms with Crippen molar-refractivity contribution in [1.82, 2.24) is 4.57 Å². The molecule has 1 aromatic heterocycles. The number of hydrogen-bond acceptors (Lipinski definition) is 2. The molecule has 1 N–H and O–H groups in total. The number of aromatic nitrogens is 1. The van der Waals surface area contributed by atoms with E-state index in [-0.39, 0.29) is 12.3 Å². The van der Waals surface area contributed by atoms with E-state index in [9.17, 15) is 9.59 Å². The van der Waals surface area contributed by atoms with E-state index in [4.69, 9.17) is 5.11 Å². The molecule has 0 unspecified atom stereocenters. The number of nitrogens with zero attached hydrogens (tertiary/aromatic N) is 2. The molecule has 5 heteroatoms. The SMILES string of the molecule is CC(=O)N(C)c1ccc(-n2cc(CC(=O)O)c3ccccc32)c(C)c1. The zero-order valence-corrected chi connectivity index (χ0v) is 14.5. The molecular formula is C20H20N2O3. The van der Waals surface area contributed by atoms with Gasteiger partial charge in [0.15, 0.2) is 0 Å². The Bertz CT molecular complexity index is 972. The van der Waals surface area contributed by atoms with Crippen LogP contribution in [0.4, 0.5) is 5.69 Å². The van der Waals surface area contributed by atoms with Gasteiger partial charge >= 0.3 is 5.97 Å². The van der Waals surface area contributed by atoms with Crippen LogP contribution in [0.25, 0.3) is 16.6 Å². The summed E-state index contributed by atoms with van der Waals surface area (Å²) in [4.78, 5) is 24.3. The number of carboxylic acids is 1. The van der Waals surface area contributed by atoms with Crippen LogP contribution in [-0.2, 0) is 16.0 Å². The third-order valence-corrected chi connectivity index (χ3v) is 4.44. The van der Waals surface area contributed by atoms with Gasteiger partial charge in [0.25, 0.3) is 0 Å². The third-order valence-electron chi connectivity index (χ3n) is 4.44. The highest BCUT2D eigenvalue weighted by Crippen LogP contribution is 2.28. The summed E-state index contributed by atoms with van der Waals surface area (Å²) in [7, 11) is 1.74. The van der Waals surface area contributed by atoms with Gasteiger partial charge in [-0.15, -0.1) is 0 Å². The molecule has 3 aromatic rings. The zero-order chi connectivity index (χ0) is 18.1. The lowest BCUT2D eigenvalue weighted by Crippen LogP contribution is -2.22. The number of anilines is 1. The number of aryl methyl sites for hydroxylation is 1. The minimum Gasteiger partial charge on any atom is -0.481 e. The minimum absolute atomic E-state index is 0.0162. The Morgan fingerprint density at radius 3 is 2.52 bits per heavy atom. The number of rotatable bonds is 4. The Balaban J connectivity index is 2.13. The first kappa shape index (κ1) is 16.8.